The summed E-state index contributed by atoms with van der Waals surface area (Å²) in [5, 5.41) is 15.7. The highest BCUT2D eigenvalue weighted by atomic mass is 16.6. The maximum absolute atomic E-state index is 12.6. The Morgan fingerprint density at radius 1 is 0.579 bits per heavy atom. The van der Waals surface area contributed by atoms with Crippen molar-refractivity contribution in [2.45, 2.75) is 194 Å². The summed E-state index contributed by atoms with van der Waals surface area (Å²) < 4.78 is 26.4. The van der Waals surface area contributed by atoms with Gasteiger partial charge in [0.15, 0.2) is 0 Å². The van der Waals surface area contributed by atoms with Crippen LogP contribution in [0.25, 0.3) is 0 Å². The molecule has 338 valence electrons. The van der Waals surface area contributed by atoms with E-state index in [0.717, 1.165) is 77.0 Å². The van der Waals surface area contributed by atoms with Gasteiger partial charge in [-0.05, 0) is 65.6 Å². The van der Waals surface area contributed by atoms with Crippen LogP contribution < -0.4 is 0 Å². The number of ether oxygens (including phenoxy) is 5. The summed E-state index contributed by atoms with van der Waals surface area (Å²) in [4.78, 5) is 69.2. The quantitative estimate of drug-likeness (QED) is 0.0274. The number of carboxylic acid groups (broad SMARTS) is 1. The van der Waals surface area contributed by atoms with Crippen LogP contribution in [0.1, 0.15) is 176 Å². The molecule has 14 heteroatoms. The van der Waals surface area contributed by atoms with Gasteiger partial charge in [0.25, 0.3) is 6.47 Å². The Hall–Kier alpha value is -3.10. The first-order valence-corrected chi connectivity index (χ1v) is 21.5. The van der Waals surface area contributed by atoms with Crippen molar-refractivity contribution in [2.24, 2.45) is 0 Å². The minimum atomic E-state index is -0.502. The maximum atomic E-state index is 12.6. The number of carbonyl (C=O) groups is 6. The molecule has 0 rings (SSSR count). The molecule has 57 heavy (non-hydrogen) atoms. The second-order valence-electron chi connectivity index (χ2n) is 13.7. The van der Waals surface area contributed by atoms with Gasteiger partial charge in [-0.3, -0.25) is 24.0 Å². The first-order valence-electron chi connectivity index (χ1n) is 21.5. The van der Waals surface area contributed by atoms with Crippen LogP contribution in [-0.2, 0) is 52.5 Å². The number of aliphatic hydroxyl groups is 1. The number of aldehydes is 1. The van der Waals surface area contributed by atoms with Crippen molar-refractivity contribution < 1.29 is 62.7 Å². The molecule has 0 spiro atoms. The summed E-state index contributed by atoms with van der Waals surface area (Å²) >= 11 is 0. The van der Waals surface area contributed by atoms with Crippen LogP contribution in [0.15, 0.2) is 0 Å². The fourth-order valence-electron chi connectivity index (χ4n) is 5.08. The lowest BCUT2D eigenvalue weighted by Crippen LogP contribution is -2.26. The van der Waals surface area contributed by atoms with Gasteiger partial charge in [-0.2, -0.15) is 0 Å². The Bertz CT molecular complexity index is 929. The first-order chi connectivity index (χ1) is 27.5. The Balaban J connectivity index is -0.000000580. The van der Waals surface area contributed by atoms with Gasteiger partial charge in [-0.1, -0.05) is 98.8 Å². The number of carbonyl (C=O) groups excluding carboxylic acids is 5. The second-order valence-corrected chi connectivity index (χ2v) is 13.7. The van der Waals surface area contributed by atoms with Gasteiger partial charge >= 0.3 is 23.9 Å². The molecule has 0 aliphatic rings. The van der Waals surface area contributed by atoms with E-state index in [4.69, 9.17) is 38.7 Å². The number of unbranched alkanes of at least 4 members (excludes halogenated alkanes) is 10. The third-order valence-corrected chi connectivity index (χ3v) is 8.36. The van der Waals surface area contributed by atoms with E-state index in [1.807, 2.05) is 32.8 Å². The average molecular weight is 822 g/mol. The standard InChI is InChI=1S/C29H53NO7.C11H22O4.C2H6.CH2O2/c1-5-7-9-10-11-13-16-26(24-35-27(32)18-12-8-6-2)37-29(34)21-20-25(17-15-23-31)36-28(33)19-14-22-30(3)4;1-3-4-5-6-7-11(13)15-9-10(8-12)14-2;1-2;2-1-3/h23,25-26H,5-22,24H2,1-4H3;10,12H,3-9H2,1-2H3;1-2H3;1H,(H,2,3). The first kappa shape index (κ1) is 60.6. The number of methoxy groups -OCH3 is 1. The third-order valence-electron chi connectivity index (χ3n) is 8.36. The van der Waals surface area contributed by atoms with Crippen LogP contribution in [0.5, 0.6) is 0 Å². The monoisotopic (exact) mass is 822 g/mol. The summed E-state index contributed by atoms with van der Waals surface area (Å²) in [6.07, 6.45) is 16.7. The van der Waals surface area contributed by atoms with Gasteiger partial charge < -0.3 is 43.6 Å². The summed E-state index contributed by atoms with van der Waals surface area (Å²) in [6.45, 7) is 11.0. The molecule has 3 atom stereocenters. The highest BCUT2D eigenvalue weighted by Gasteiger charge is 2.20. The Morgan fingerprint density at radius 2 is 1.02 bits per heavy atom. The molecule has 0 aliphatic carbocycles. The summed E-state index contributed by atoms with van der Waals surface area (Å²) in [5.74, 6) is -1.19. The van der Waals surface area contributed by atoms with Gasteiger partial charge in [0, 0.05) is 39.2 Å². The largest absolute Gasteiger partial charge is 0.483 e. The van der Waals surface area contributed by atoms with Gasteiger partial charge in [0.2, 0.25) is 0 Å². The molecule has 0 saturated heterocycles. The summed E-state index contributed by atoms with van der Waals surface area (Å²) in [6, 6.07) is 0. The van der Waals surface area contributed by atoms with E-state index >= 15 is 0 Å². The fraction of sp³-hybridized carbons (Fsp3) is 0.860. The lowest BCUT2D eigenvalue weighted by atomic mass is 10.1. The summed E-state index contributed by atoms with van der Waals surface area (Å²) in [7, 11) is 5.36. The van der Waals surface area contributed by atoms with E-state index in [-0.39, 0.29) is 57.0 Å². The molecule has 14 nitrogen and oxygen atoms in total. The average Bonchev–Trinajstić information content (AvgIpc) is 3.19. The van der Waals surface area contributed by atoms with E-state index < -0.39 is 24.3 Å². The van der Waals surface area contributed by atoms with Crippen molar-refractivity contribution in [1.29, 1.82) is 0 Å². The lowest BCUT2D eigenvalue weighted by Gasteiger charge is -2.20. The van der Waals surface area contributed by atoms with Crippen LogP contribution in [0.2, 0.25) is 0 Å². The van der Waals surface area contributed by atoms with Gasteiger partial charge in [-0.25, -0.2) is 0 Å². The molecular formula is C43H83NO13. The van der Waals surface area contributed by atoms with Crippen LogP contribution in [0.3, 0.4) is 0 Å². The predicted octanol–water partition coefficient (Wildman–Crippen LogP) is 8.02. The van der Waals surface area contributed by atoms with Gasteiger partial charge in [0.1, 0.15) is 37.8 Å². The Kier molecular flexibility index (Phi) is 52.1. The van der Waals surface area contributed by atoms with Gasteiger partial charge in [0.05, 0.1) is 6.61 Å². The molecule has 0 aromatic carbocycles. The molecule has 0 fully saturated rings. The minimum absolute atomic E-state index is 0.0705. The fourth-order valence-corrected chi connectivity index (χ4v) is 5.08. The number of nitrogens with zero attached hydrogens (tertiary/aromatic N) is 1. The molecule has 2 N–H and O–H groups in total. The molecule has 3 unspecified atom stereocenters. The number of aliphatic hydroxyl groups excluding tert-OH is 1. The number of esters is 4. The predicted molar refractivity (Wildman–Crippen MR) is 223 cm³/mol. The Labute approximate surface area is 345 Å². The highest BCUT2D eigenvalue weighted by molar-refractivity contribution is 5.71. The van der Waals surface area contributed by atoms with E-state index in [2.05, 4.69) is 20.8 Å². The summed E-state index contributed by atoms with van der Waals surface area (Å²) in [5.41, 5.74) is 0. The lowest BCUT2D eigenvalue weighted by molar-refractivity contribution is -0.161. The van der Waals surface area contributed by atoms with Crippen LogP contribution in [-0.4, -0.2) is 118 Å². The molecule has 0 aliphatic heterocycles. The molecule has 0 bridgehead atoms. The topological polar surface area (TPSA) is 192 Å². The van der Waals surface area contributed by atoms with Crippen molar-refractivity contribution in [3.05, 3.63) is 0 Å². The van der Waals surface area contributed by atoms with Crippen LogP contribution >= 0.6 is 0 Å². The number of hydrogen-bond donors (Lipinski definition) is 2. The number of hydrogen-bond acceptors (Lipinski definition) is 13. The van der Waals surface area contributed by atoms with E-state index in [1.54, 1.807) is 0 Å². The molecule has 0 aromatic heterocycles. The smallest absolute Gasteiger partial charge is 0.306 e. The zero-order chi connectivity index (χ0) is 44.0. The third kappa shape index (κ3) is 49.0. The highest BCUT2D eigenvalue weighted by Crippen LogP contribution is 2.16. The van der Waals surface area contributed by atoms with Crippen molar-refractivity contribution in [3.63, 3.8) is 0 Å². The van der Waals surface area contributed by atoms with Crippen molar-refractivity contribution >= 4 is 36.6 Å². The molecule has 0 aromatic rings. The minimum Gasteiger partial charge on any atom is -0.483 e. The van der Waals surface area contributed by atoms with Crippen molar-refractivity contribution in [2.75, 3.05) is 47.6 Å². The molecule has 0 heterocycles. The molecular weight excluding hydrogens is 738 g/mol. The number of rotatable bonds is 34. The van der Waals surface area contributed by atoms with Crippen LogP contribution in [0, 0.1) is 0 Å². The molecule has 0 radical (unpaired) electrons. The SMILES string of the molecule is CC.CCCCCCC(=O)OCC(CO)OC.CCCCCCCCC(COC(=O)CCCCC)OC(=O)CCC(CCC=O)OC(=O)CCCN(C)C.O=CO. The second kappa shape index (κ2) is 49.0. The van der Waals surface area contributed by atoms with E-state index in [1.165, 1.54) is 26.4 Å². The molecule has 0 amide bonds. The zero-order valence-electron chi connectivity index (χ0n) is 37.1. The molecule has 0 saturated carbocycles. The Morgan fingerprint density at radius 3 is 1.53 bits per heavy atom. The van der Waals surface area contributed by atoms with E-state index in [0.29, 0.717) is 44.9 Å². The maximum Gasteiger partial charge on any atom is 0.306 e. The van der Waals surface area contributed by atoms with E-state index in [9.17, 15) is 24.0 Å². The van der Waals surface area contributed by atoms with Crippen LogP contribution in [0.4, 0.5) is 0 Å². The van der Waals surface area contributed by atoms with Gasteiger partial charge in [-0.15, -0.1) is 0 Å². The van der Waals surface area contributed by atoms with Crippen molar-refractivity contribution in [1.82, 2.24) is 4.90 Å². The zero-order valence-corrected chi connectivity index (χ0v) is 37.1. The van der Waals surface area contributed by atoms with Crippen molar-refractivity contribution in [3.8, 4) is 0 Å². The normalized spacial score (nSPS) is 11.8.